The number of hydrogen-bond acceptors (Lipinski definition) is 6. The summed E-state index contributed by atoms with van der Waals surface area (Å²) in [6.07, 6.45) is -0.755. The first-order valence-electron chi connectivity index (χ1n) is 4.42. The molecule has 6 nitrogen and oxygen atoms in total. The smallest absolute Gasteiger partial charge is 0.0652 e. The monoisotopic (exact) mass is 190 g/mol. The molecule has 0 radical (unpaired) electrons. The molecule has 1 unspecified atom stereocenters. The van der Waals surface area contributed by atoms with E-state index in [0.29, 0.717) is 19.6 Å². The van der Waals surface area contributed by atoms with Crippen molar-refractivity contribution in [1.82, 2.24) is 4.90 Å². The first-order valence-corrected chi connectivity index (χ1v) is 4.42. The fourth-order valence-electron chi connectivity index (χ4n) is 1.23. The van der Waals surface area contributed by atoms with Gasteiger partial charge in [0, 0.05) is 25.7 Å². The molecule has 0 aromatic carbocycles. The van der Waals surface area contributed by atoms with Crippen LogP contribution in [0.2, 0.25) is 0 Å². The third-order valence-corrected chi connectivity index (χ3v) is 1.48. The van der Waals surface area contributed by atoms with Gasteiger partial charge in [-0.1, -0.05) is 0 Å². The molecule has 0 saturated carbocycles. The molecule has 0 saturated heterocycles. The van der Waals surface area contributed by atoms with Crippen molar-refractivity contribution in [3.8, 4) is 0 Å². The molecule has 0 bridgehead atoms. The average molecular weight is 190 g/mol. The summed E-state index contributed by atoms with van der Waals surface area (Å²) in [4.78, 5) is 1.97. The number of hydrogen-bond donors (Lipinski definition) is 5. The highest BCUT2D eigenvalue weighted by molar-refractivity contribution is 4.70. The third kappa shape index (κ3) is 8.10. The highest BCUT2D eigenvalue weighted by Gasteiger charge is 2.11. The summed E-state index contributed by atoms with van der Waals surface area (Å²) in [5.74, 6) is 0. The molecule has 0 aliphatic heterocycles. The molecular weight excluding hydrogens is 168 g/mol. The highest BCUT2D eigenvalue weighted by atomic mass is 15.2. The lowest BCUT2D eigenvalue weighted by Crippen LogP contribution is -2.52. The Kier molecular flexibility index (Phi) is 6.13. The van der Waals surface area contributed by atoms with Crippen LogP contribution in [0.15, 0.2) is 0 Å². The summed E-state index contributed by atoms with van der Waals surface area (Å²) in [6.45, 7) is 3.74. The van der Waals surface area contributed by atoms with E-state index in [9.17, 15) is 0 Å². The summed E-state index contributed by atoms with van der Waals surface area (Å²) in [5, 5.41) is 0. The van der Waals surface area contributed by atoms with Crippen molar-refractivity contribution < 1.29 is 0 Å². The van der Waals surface area contributed by atoms with Crippen LogP contribution < -0.4 is 28.7 Å². The predicted octanol–water partition coefficient (Wildman–Crippen LogP) is -2.88. The lowest BCUT2D eigenvalue weighted by atomic mass is 10.3. The topological polar surface area (TPSA) is 133 Å². The van der Waals surface area contributed by atoms with Crippen molar-refractivity contribution >= 4 is 0 Å². The van der Waals surface area contributed by atoms with Gasteiger partial charge in [-0.05, 0) is 6.92 Å². The number of nitrogens with two attached hydrogens (primary N) is 5. The molecular formula is C7H22N6. The Bertz CT molecular complexity index is 100. The summed E-state index contributed by atoms with van der Waals surface area (Å²) in [7, 11) is 0. The Balaban J connectivity index is 3.87. The van der Waals surface area contributed by atoms with Gasteiger partial charge in [0.15, 0.2) is 0 Å². The standard InChI is InChI=1S/C7H22N6/c1-5(8)2-13(3-6(9)10)4-7(11)12/h5-7H,2-4,8-12H2,1H3. The Morgan fingerprint density at radius 2 is 1.23 bits per heavy atom. The van der Waals surface area contributed by atoms with Crippen LogP contribution in [-0.2, 0) is 0 Å². The molecule has 0 rings (SSSR count). The molecule has 0 aliphatic carbocycles. The van der Waals surface area contributed by atoms with E-state index in [0.717, 1.165) is 0 Å². The van der Waals surface area contributed by atoms with Crippen molar-refractivity contribution in [3.05, 3.63) is 0 Å². The second-order valence-electron chi connectivity index (χ2n) is 3.52. The second kappa shape index (κ2) is 6.25. The van der Waals surface area contributed by atoms with E-state index in [1.165, 1.54) is 0 Å². The molecule has 0 aromatic rings. The SMILES string of the molecule is CC(N)CN(CC(N)N)CC(N)N. The first-order chi connectivity index (χ1) is 5.91. The predicted molar refractivity (Wildman–Crippen MR) is 54.4 cm³/mol. The van der Waals surface area contributed by atoms with Crippen molar-refractivity contribution in [2.24, 2.45) is 28.7 Å². The zero-order valence-corrected chi connectivity index (χ0v) is 8.19. The van der Waals surface area contributed by atoms with E-state index >= 15 is 0 Å². The molecule has 0 heterocycles. The Hall–Kier alpha value is -0.240. The quantitative estimate of drug-likeness (QED) is 0.286. The number of rotatable bonds is 6. The molecule has 0 amide bonds. The van der Waals surface area contributed by atoms with Gasteiger partial charge in [-0.3, -0.25) is 4.90 Å². The van der Waals surface area contributed by atoms with Crippen molar-refractivity contribution in [2.45, 2.75) is 25.3 Å². The van der Waals surface area contributed by atoms with Gasteiger partial charge in [-0.25, -0.2) is 0 Å². The van der Waals surface area contributed by atoms with Crippen molar-refractivity contribution in [1.29, 1.82) is 0 Å². The van der Waals surface area contributed by atoms with E-state index in [2.05, 4.69) is 0 Å². The Labute approximate surface area is 79.4 Å². The minimum Gasteiger partial charge on any atom is -0.327 e. The first kappa shape index (κ1) is 12.8. The van der Waals surface area contributed by atoms with Crippen LogP contribution >= 0.6 is 0 Å². The Morgan fingerprint density at radius 1 is 0.846 bits per heavy atom. The van der Waals surface area contributed by atoms with Crippen molar-refractivity contribution in [2.75, 3.05) is 19.6 Å². The second-order valence-corrected chi connectivity index (χ2v) is 3.52. The van der Waals surface area contributed by atoms with E-state index in [-0.39, 0.29) is 18.4 Å². The molecule has 0 aliphatic rings. The zero-order valence-electron chi connectivity index (χ0n) is 8.19. The van der Waals surface area contributed by atoms with Crippen LogP contribution in [-0.4, -0.2) is 42.9 Å². The lowest BCUT2D eigenvalue weighted by Gasteiger charge is -2.26. The molecule has 0 aromatic heterocycles. The third-order valence-electron chi connectivity index (χ3n) is 1.48. The Morgan fingerprint density at radius 3 is 1.46 bits per heavy atom. The molecule has 0 fully saturated rings. The average Bonchev–Trinajstić information content (AvgIpc) is 1.80. The van der Waals surface area contributed by atoms with E-state index < -0.39 is 0 Å². The van der Waals surface area contributed by atoms with Gasteiger partial charge in [0.25, 0.3) is 0 Å². The summed E-state index contributed by atoms with van der Waals surface area (Å²) in [6, 6.07) is 0.0671. The van der Waals surface area contributed by atoms with E-state index in [1.54, 1.807) is 0 Å². The summed E-state index contributed by atoms with van der Waals surface area (Å²) >= 11 is 0. The lowest BCUT2D eigenvalue weighted by molar-refractivity contribution is 0.234. The maximum absolute atomic E-state index is 5.64. The van der Waals surface area contributed by atoms with Gasteiger partial charge >= 0.3 is 0 Å². The van der Waals surface area contributed by atoms with Gasteiger partial charge in [0.2, 0.25) is 0 Å². The minimum absolute atomic E-state index is 0.0671. The summed E-state index contributed by atoms with van der Waals surface area (Å²) in [5.41, 5.74) is 27.5. The van der Waals surface area contributed by atoms with Crippen LogP contribution in [0.5, 0.6) is 0 Å². The normalized spacial score (nSPS) is 14.5. The minimum atomic E-state index is -0.377. The molecule has 10 N–H and O–H groups in total. The van der Waals surface area contributed by atoms with Crippen molar-refractivity contribution in [3.63, 3.8) is 0 Å². The van der Waals surface area contributed by atoms with Gasteiger partial charge < -0.3 is 28.7 Å². The van der Waals surface area contributed by atoms with Crippen LogP contribution in [0.25, 0.3) is 0 Å². The molecule has 6 heteroatoms. The molecule has 13 heavy (non-hydrogen) atoms. The fraction of sp³-hybridized carbons (Fsp3) is 1.00. The summed E-state index contributed by atoms with van der Waals surface area (Å²) < 4.78 is 0. The van der Waals surface area contributed by atoms with Crippen LogP contribution in [0.1, 0.15) is 6.92 Å². The van der Waals surface area contributed by atoms with Gasteiger partial charge in [-0.2, -0.15) is 0 Å². The van der Waals surface area contributed by atoms with Gasteiger partial charge in [-0.15, -0.1) is 0 Å². The molecule has 1 atom stereocenters. The van der Waals surface area contributed by atoms with E-state index in [4.69, 9.17) is 28.7 Å². The van der Waals surface area contributed by atoms with Gasteiger partial charge in [0.05, 0.1) is 12.3 Å². The van der Waals surface area contributed by atoms with Gasteiger partial charge in [0.1, 0.15) is 0 Å². The van der Waals surface area contributed by atoms with Crippen LogP contribution in [0.4, 0.5) is 0 Å². The fourth-order valence-corrected chi connectivity index (χ4v) is 1.23. The molecule has 80 valence electrons. The highest BCUT2D eigenvalue weighted by Crippen LogP contribution is 1.91. The van der Waals surface area contributed by atoms with Crippen LogP contribution in [0.3, 0.4) is 0 Å². The van der Waals surface area contributed by atoms with Crippen LogP contribution in [0, 0.1) is 0 Å². The molecule has 0 spiro atoms. The maximum atomic E-state index is 5.64. The zero-order chi connectivity index (χ0) is 10.4. The number of nitrogens with zero attached hydrogens (tertiary/aromatic N) is 1. The maximum Gasteiger partial charge on any atom is 0.0652 e. The van der Waals surface area contributed by atoms with E-state index in [1.807, 2.05) is 11.8 Å². The largest absolute Gasteiger partial charge is 0.327 e.